The molecule has 8 heteroatoms. The molecule has 0 saturated carbocycles. The molecule has 0 aliphatic carbocycles. The second-order valence-corrected chi connectivity index (χ2v) is 7.93. The van der Waals surface area contributed by atoms with E-state index in [9.17, 15) is 13.2 Å². The molecule has 0 amide bonds. The monoisotopic (exact) mass is 318 g/mol. The number of aryl methyl sites for hydroxylation is 1. The molecule has 0 radical (unpaired) electrons. The Labute approximate surface area is 122 Å². The van der Waals surface area contributed by atoms with E-state index in [1.165, 1.54) is 10.5 Å². The predicted molar refractivity (Wildman–Crippen MR) is 75.0 cm³/mol. The third-order valence-electron chi connectivity index (χ3n) is 3.18. The molecule has 1 aliphatic heterocycles. The summed E-state index contributed by atoms with van der Waals surface area (Å²) in [6, 6.07) is -0.712. The molecule has 1 atom stereocenters. The van der Waals surface area contributed by atoms with Crippen molar-refractivity contribution in [1.82, 2.24) is 9.29 Å². The van der Waals surface area contributed by atoms with E-state index in [1.807, 2.05) is 0 Å². The molecule has 1 unspecified atom stereocenters. The first-order valence-electron chi connectivity index (χ1n) is 6.57. The summed E-state index contributed by atoms with van der Waals surface area (Å²) in [7, 11) is -3.67. The van der Waals surface area contributed by atoms with Gasteiger partial charge in [-0.25, -0.2) is 13.4 Å². The third kappa shape index (κ3) is 3.02. The second kappa shape index (κ2) is 6.19. The lowest BCUT2D eigenvalue weighted by Gasteiger charge is -2.32. The van der Waals surface area contributed by atoms with Crippen LogP contribution in [-0.4, -0.2) is 42.9 Å². The summed E-state index contributed by atoms with van der Waals surface area (Å²) in [6.07, 6.45) is 3.45. The van der Waals surface area contributed by atoms with Crippen LogP contribution in [0.15, 0.2) is 10.4 Å². The fourth-order valence-electron chi connectivity index (χ4n) is 2.24. The highest BCUT2D eigenvalue weighted by atomic mass is 32.2. The quantitative estimate of drug-likeness (QED) is 0.787. The lowest BCUT2D eigenvalue weighted by atomic mass is 10.1. The van der Waals surface area contributed by atoms with E-state index >= 15 is 0 Å². The van der Waals surface area contributed by atoms with Crippen LogP contribution in [0.25, 0.3) is 0 Å². The predicted octanol–water partition coefficient (Wildman–Crippen LogP) is 1.56. The van der Waals surface area contributed by atoms with Crippen LogP contribution in [0.1, 0.15) is 31.2 Å². The SMILES string of the molecule is CCOC(=O)C1CCCCN1S(=O)(=O)c1cnc(C)s1. The molecule has 0 bridgehead atoms. The number of sulfonamides is 1. The van der Waals surface area contributed by atoms with Gasteiger partial charge in [-0.1, -0.05) is 0 Å². The number of thiazole rings is 1. The van der Waals surface area contributed by atoms with Gasteiger partial charge in [0.2, 0.25) is 0 Å². The van der Waals surface area contributed by atoms with Crippen LogP contribution in [0, 0.1) is 6.92 Å². The topological polar surface area (TPSA) is 76.6 Å². The number of carbonyl (C=O) groups excluding carboxylic acids is 1. The van der Waals surface area contributed by atoms with E-state index in [-0.39, 0.29) is 10.8 Å². The van der Waals surface area contributed by atoms with Gasteiger partial charge in [-0.3, -0.25) is 4.79 Å². The van der Waals surface area contributed by atoms with Gasteiger partial charge in [0.15, 0.2) is 4.21 Å². The Balaban J connectivity index is 2.29. The number of aromatic nitrogens is 1. The Morgan fingerprint density at radius 2 is 2.30 bits per heavy atom. The number of ether oxygens (including phenoxy) is 1. The molecule has 1 fully saturated rings. The van der Waals surface area contributed by atoms with Crippen LogP contribution in [0.5, 0.6) is 0 Å². The number of esters is 1. The molecule has 2 rings (SSSR count). The van der Waals surface area contributed by atoms with E-state index in [4.69, 9.17) is 4.74 Å². The molecule has 1 aromatic heterocycles. The van der Waals surface area contributed by atoms with Gasteiger partial charge in [0.05, 0.1) is 17.8 Å². The first kappa shape index (κ1) is 15.4. The van der Waals surface area contributed by atoms with Gasteiger partial charge < -0.3 is 4.74 Å². The normalized spacial score (nSPS) is 20.8. The van der Waals surface area contributed by atoms with Crippen LogP contribution in [0.3, 0.4) is 0 Å². The lowest BCUT2D eigenvalue weighted by molar-refractivity contribution is -0.148. The smallest absolute Gasteiger partial charge is 0.324 e. The third-order valence-corrected chi connectivity index (χ3v) is 6.43. The van der Waals surface area contributed by atoms with Crippen LogP contribution in [0.4, 0.5) is 0 Å². The van der Waals surface area contributed by atoms with Crippen molar-refractivity contribution >= 4 is 27.3 Å². The minimum absolute atomic E-state index is 0.186. The molecule has 0 aromatic carbocycles. The Morgan fingerprint density at radius 1 is 1.55 bits per heavy atom. The minimum Gasteiger partial charge on any atom is -0.465 e. The van der Waals surface area contributed by atoms with Crippen LogP contribution in [0.2, 0.25) is 0 Å². The Hall–Kier alpha value is -0.990. The van der Waals surface area contributed by atoms with Gasteiger partial charge in [0, 0.05) is 6.54 Å². The molecule has 0 spiro atoms. The standard InChI is InChI=1S/C12H18N2O4S2/c1-3-18-12(15)10-6-4-5-7-14(10)20(16,17)11-8-13-9(2)19-11/h8,10H,3-7H2,1-2H3. The van der Waals surface area contributed by atoms with Gasteiger partial charge in [-0.05, 0) is 33.1 Å². The van der Waals surface area contributed by atoms with E-state index in [0.29, 0.717) is 18.0 Å². The molecule has 2 heterocycles. The van der Waals surface area contributed by atoms with Crippen LogP contribution < -0.4 is 0 Å². The summed E-state index contributed by atoms with van der Waals surface area (Å²) >= 11 is 1.12. The van der Waals surface area contributed by atoms with Gasteiger partial charge in [-0.2, -0.15) is 4.31 Å². The van der Waals surface area contributed by atoms with Crippen molar-refractivity contribution in [2.24, 2.45) is 0 Å². The molecular weight excluding hydrogens is 300 g/mol. The maximum atomic E-state index is 12.6. The number of nitrogens with zero attached hydrogens (tertiary/aromatic N) is 2. The zero-order valence-corrected chi connectivity index (χ0v) is 13.2. The van der Waals surface area contributed by atoms with Crippen molar-refractivity contribution in [3.8, 4) is 0 Å². The number of hydrogen-bond acceptors (Lipinski definition) is 6. The van der Waals surface area contributed by atoms with E-state index in [0.717, 1.165) is 24.2 Å². The van der Waals surface area contributed by atoms with E-state index < -0.39 is 22.0 Å². The molecule has 6 nitrogen and oxygen atoms in total. The first-order chi connectivity index (χ1) is 9.46. The van der Waals surface area contributed by atoms with Gasteiger partial charge in [0.25, 0.3) is 10.0 Å². The summed E-state index contributed by atoms with van der Waals surface area (Å²) < 4.78 is 31.7. The lowest BCUT2D eigenvalue weighted by Crippen LogP contribution is -2.48. The highest BCUT2D eigenvalue weighted by Crippen LogP contribution is 2.28. The Kier molecular flexibility index (Phi) is 4.77. The van der Waals surface area contributed by atoms with Crippen molar-refractivity contribution in [2.75, 3.05) is 13.2 Å². The fraction of sp³-hybridized carbons (Fsp3) is 0.667. The average molecular weight is 318 g/mol. The molecule has 1 aliphatic rings. The van der Waals surface area contributed by atoms with Crippen LogP contribution >= 0.6 is 11.3 Å². The maximum absolute atomic E-state index is 12.6. The first-order valence-corrected chi connectivity index (χ1v) is 8.83. The van der Waals surface area contributed by atoms with E-state index in [2.05, 4.69) is 4.98 Å². The number of hydrogen-bond donors (Lipinski definition) is 0. The summed E-state index contributed by atoms with van der Waals surface area (Å²) in [5.74, 6) is -0.461. The molecule has 0 N–H and O–H groups in total. The van der Waals surface area contributed by atoms with Gasteiger partial charge >= 0.3 is 5.97 Å². The summed E-state index contributed by atoms with van der Waals surface area (Å²) in [4.78, 5) is 15.9. The molecular formula is C12H18N2O4S2. The average Bonchev–Trinajstić information content (AvgIpc) is 2.86. The Morgan fingerprint density at radius 3 is 2.90 bits per heavy atom. The second-order valence-electron chi connectivity index (χ2n) is 4.58. The fourth-order valence-corrected chi connectivity index (χ4v) is 5.13. The largest absolute Gasteiger partial charge is 0.465 e. The number of piperidine rings is 1. The van der Waals surface area contributed by atoms with Gasteiger partial charge in [-0.15, -0.1) is 11.3 Å². The summed E-state index contributed by atoms with van der Waals surface area (Å²) in [6.45, 7) is 4.07. The van der Waals surface area contributed by atoms with Gasteiger partial charge in [0.1, 0.15) is 6.04 Å². The van der Waals surface area contributed by atoms with Crippen molar-refractivity contribution in [3.63, 3.8) is 0 Å². The molecule has 20 heavy (non-hydrogen) atoms. The van der Waals surface area contributed by atoms with Crippen molar-refractivity contribution in [3.05, 3.63) is 11.2 Å². The Bertz CT molecular complexity index is 582. The highest BCUT2D eigenvalue weighted by molar-refractivity contribution is 7.91. The van der Waals surface area contributed by atoms with E-state index in [1.54, 1.807) is 13.8 Å². The molecule has 1 aromatic rings. The zero-order chi connectivity index (χ0) is 14.8. The highest BCUT2D eigenvalue weighted by Gasteiger charge is 2.39. The maximum Gasteiger partial charge on any atom is 0.324 e. The van der Waals surface area contributed by atoms with Crippen molar-refractivity contribution < 1.29 is 17.9 Å². The number of carbonyl (C=O) groups is 1. The van der Waals surface area contributed by atoms with Crippen molar-refractivity contribution in [1.29, 1.82) is 0 Å². The number of rotatable bonds is 4. The van der Waals surface area contributed by atoms with Crippen LogP contribution in [-0.2, 0) is 19.6 Å². The summed E-state index contributed by atoms with van der Waals surface area (Å²) in [5.41, 5.74) is 0. The molecule has 1 saturated heterocycles. The van der Waals surface area contributed by atoms with Crippen molar-refractivity contribution in [2.45, 2.75) is 43.4 Å². The summed E-state index contributed by atoms with van der Waals surface area (Å²) in [5, 5.41) is 0.688. The zero-order valence-electron chi connectivity index (χ0n) is 11.5. The molecule has 112 valence electrons. The minimum atomic E-state index is -3.67.